The number of nitro groups is 1. The van der Waals surface area contributed by atoms with Crippen LogP contribution in [0, 0.1) is 28.4 Å². The number of aliphatic hydroxyl groups excluding tert-OH is 1. The van der Waals surface area contributed by atoms with Crippen LogP contribution in [0.5, 0.6) is 0 Å². The molecular weight excluding hydrogens is 471 g/mol. The van der Waals surface area contributed by atoms with Crippen LogP contribution in [0.4, 0.5) is 13.2 Å². The first-order valence-electron chi connectivity index (χ1n) is 11.6. The van der Waals surface area contributed by atoms with Crippen molar-refractivity contribution in [3.63, 3.8) is 0 Å². The van der Waals surface area contributed by atoms with Crippen LogP contribution >= 0.6 is 0 Å². The van der Waals surface area contributed by atoms with Gasteiger partial charge in [0.25, 0.3) is 0 Å². The van der Waals surface area contributed by atoms with Crippen LogP contribution in [0.25, 0.3) is 5.70 Å². The molecule has 0 aliphatic carbocycles. The van der Waals surface area contributed by atoms with Crippen LogP contribution < -0.4 is 0 Å². The number of aliphatic hydroxyl groups is 1. The molecule has 0 spiro atoms. The van der Waals surface area contributed by atoms with Crippen molar-refractivity contribution in [2.45, 2.75) is 58.2 Å². The lowest BCUT2D eigenvalue weighted by molar-refractivity contribution is -0.356. The number of allylic oxidation sites excluding steroid dienone is 1. The molecule has 9 heteroatoms. The number of benzene rings is 2. The van der Waals surface area contributed by atoms with Crippen molar-refractivity contribution in [1.29, 1.82) is 5.41 Å². The van der Waals surface area contributed by atoms with Gasteiger partial charge in [-0.05, 0) is 71.1 Å². The van der Waals surface area contributed by atoms with Crippen molar-refractivity contribution in [2.75, 3.05) is 0 Å². The summed E-state index contributed by atoms with van der Waals surface area (Å²) in [6, 6.07) is 10.0. The number of hydrogen-bond donors (Lipinski definition) is 2. The maximum atomic E-state index is 13.0. The molecule has 2 N–H and O–H groups in total. The van der Waals surface area contributed by atoms with Gasteiger partial charge in [0.15, 0.2) is 0 Å². The van der Waals surface area contributed by atoms with Gasteiger partial charge in [0.05, 0.1) is 17.6 Å². The Hall–Kier alpha value is -3.55. The van der Waals surface area contributed by atoms with E-state index >= 15 is 0 Å². The van der Waals surface area contributed by atoms with E-state index < -0.39 is 34.6 Å². The molecule has 2 aromatic carbocycles. The third kappa shape index (κ3) is 6.17. The molecule has 2 aromatic rings. The molecule has 1 aliphatic rings. The first kappa shape index (κ1) is 27.0. The highest BCUT2D eigenvalue weighted by Gasteiger charge is 2.34. The molecule has 3 atom stereocenters. The summed E-state index contributed by atoms with van der Waals surface area (Å²) < 4.78 is 39.0. The molecule has 3 unspecified atom stereocenters. The average molecular weight is 500 g/mol. The quantitative estimate of drug-likeness (QED) is 0.201. The van der Waals surface area contributed by atoms with E-state index in [0.29, 0.717) is 17.5 Å². The van der Waals surface area contributed by atoms with Gasteiger partial charge in [0, 0.05) is 23.6 Å². The van der Waals surface area contributed by atoms with Gasteiger partial charge in [-0.3, -0.25) is 0 Å². The van der Waals surface area contributed by atoms with E-state index in [0.717, 1.165) is 29.7 Å². The standard InChI is InChI=1S/C27H28F3N3O3/c1-4-5-25(34)23(31)15-18-7-6-16(2)22(14-18)24-13-12-21(17(3)26(32-24)33(35)36)19-8-10-20(11-9-19)27(28,29)30/h6-12,14,17,21,25,31,34H,4-5,15H2,1-3H3. The molecule has 1 aliphatic heterocycles. The molecule has 6 nitrogen and oxygen atoms in total. The van der Waals surface area contributed by atoms with Crippen molar-refractivity contribution >= 4 is 17.2 Å². The lowest BCUT2D eigenvalue weighted by Gasteiger charge is -2.18. The monoisotopic (exact) mass is 499 g/mol. The Bertz CT molecular complexity index is 1240. The SMILES string of the molecule is CCCC(O)C(=N)Cc1ccc(C)c(C2=C=CC(c3ccc(C(F)(F)F)cc3)C(C)C([N+](=O)[O-])=N2)c1. The molecule has 0 saturated heterocycles. The second-order valence-electron chi connectivity index (χ2n) is 8.98. The second-order valence-corrected chi connectivity index (χ2v) is 8.98. The fraction of sp³-hybridized carbons (Fsp3) is 0.370. The van der Waals surface area contributed by atoms with Crippen LogP contribution in [0.2, 0.25) is 0 Å². The Morgan fingerprint density at radius 3 is 2.50 bits per heavy atom. The first-order chi connectivity index (χ1) is 16.9. The molecular formula is C27H28F3N3O3. The third-order valence-electron chi connectivity index (χ3n) is 6.30. The number of nitrogens with one attached hydrogen (secondary N) is 1. The van der Waals surface area contributed by atoms with Crippen molar-refractivity contribution in [3.8, 4) is 0 Å². The molecule has 0 saturated carbocycles. The average Bonchev–Trinajstić information content (AvgIpc) is 2.99. The Balaban J connectivity index is 2.04. The number of rotatable bonds is 7. The summed E-state index contributed by atoms with van der Waals surface area (Å²) in [5.74, 6) is -1.63. The molecule has 0 radical (unpaired) electrons. The van der Waals surface area contributed by atoms with E-state index in [9.17, 15) is 28.4 Å². The predicted octanol–water partition coefficient (Wildman–Crippen LogP) is 6.34. The maximum Gasteiger partial charge on any atom is 0.416 e. The van der Waals surface area contributed by atoms with E-state index in [4.69, 9.17) is 5.41 Å². The minimum absolute atomic E-state index is 0.183. The number of aryl methyl sites for hydroxylation is 1. The molecule has 190 valence electrons. The molecule has 0 fully saturated rings. The molecule has 0 amide bonds. The Morgan fingerprint density at radius 1 is 1.25 bits per heavy atom. The second kappa shape index (κ2) is 11.0. The van der Waals surface area contributed by atoms with Gasteiger partial charge in [0.1, 0.15) is 0 Å². The Morgan fingerprint density at radius 2 is 1.92 bits per heavy atom. The molecule has 3 rings (SSSR count). The van der Waals surface area contributed by atoms with Crippen molar-refractivity contribution in [1.82, 2.24) is 0 Å². The Kier molecular flexibility index (Phi) is 8.28. The van der Waals surface area contributed by atoms with Gasteiger partial charge in [-0.15, -0.1) is 0 Å². The smallest absolute Gasteiger partial charge is 0.387 e. The number of amidine groups is 1. The number of alkyl halides is 3. The summed E-state index contributed by atoms with van der Waals surface area (Å²) in [6.45, 7) is 5.37. The summed E-state index contributed by atoms with van der Waals surface area (Å²) >= 11 is 0. The van der Waals surface area contributed by atoms with E-state index in [-0.39, 0.29) is 23.7 Å². The summed E-state index contributed by atoms with van der Waals surface area (Å²) in [7, 11) is 0. The van der Waals surface area contributed by atoms with Gasteiger partial charge in [-0.2, -0.15) is 13.2 Å². The van der Waals surface area contributed by atoms with E-state index in [2.05, 4.69) is 10.7 Å². The lowest BCUT2D eigenvalue weighted by atomic mass is 9.86. The van der Waals surface area contributed by atoms with E-state index in [1.165, 1.54) is 12.1 Å². The van der Waals surface area contributed by atoms with Gasteiger partial charge in [-0.25, -0.2) is 0 Å². The summed E-state index contributed by atoms with van der Waals surface area (Å²) in [5.41, 5.74) is 5.30. The van der Waals surface area contributed by atoms with Crippen LogP contribution in [-0.4, -0.2) is 27.7 Å². The van der Waals surface area contributed by atoms with Crippen LogP contribution in [0.1, 0.15) is 60.4 Å². The van der Waals surface area contributed by atoms with Gasteiger partial charge >= 0.3 is 12.0 Å². The Labute approximate surface area is 207 Å². The van der Waals surface area contributed by atoms with E-state index in [1.807, 2.05) is 26.0 Å². The summed E-state index contributed by atoms with van der Waals surface area (Å²) in [5, 5.41) is 30.2. The van der Waals surface area contributed by atoms with Crippen LogP contribution in [0.15, 0.2) is 59.3 Å². The van der Waals surface area contributed by atoms with E-state index in [1.54, 1.807) is 19.1 Å². The largest absolute Gasteiger partial charge is 0.416 e. The zero-order chi connectivity index (χ0) is 26.6. The number of nitrogens with zero attached hydrogens (tertiary/aromatic N) is 2. The predicted molar refractivity (Wildman–Crippen MR) is 133 cm³/mol. The number of halogens is 3. The van der Waals surface area contributed by atoms with Gasteiger partial charge < -0.3 is 20.6 Å². The maximum absolute atomic E-state index is 13.0. The number of hydrogen-bond acceptors (Lipinski definition) is 5. The zero-order valence-corrected chi connectivity index (χ0v) is 20.3. The highest BCUT2D eigenvalue weighted by Crippen LogP contribution is 2.35. The highest BCUT2D eigenvalue weighted by atomic mass is 19.4. The van der Waals surface area contributed by atoms with Crippen molar-refractivity contribution in [2.24, 2.45) is 10.9 Å². The van der Waals surface area contributed by atoms with Crippen LogP contribution in [-0.2, 0) is 12.6 Å². The van der Waals surface area contributed by atoms with Gasteiger partial charge in [-0.1, -0.05) is 43.3 Å². The normalized spacial score (nSPS) is 18.8. The third-order valence-corrected chi connectivity index (χ3v) is 6.30. The first-order valence-corrected chi connectivity index (χ1v) is 11.6. The summed E-state index contributed by atoms with van der Waals surface area (Å²) in [6.07, 6.45) is -2.23. The molecule has 36 heavy (non-hydrogen) atoms. The van der Waals surface area contributed by atoms with Crippen LogP contribution in [0.3, 0.4) is 0 Å². The summed E-state index contributed by atoms with van der Waals surface area (Å²) in [4.78, 5) is 15.6. The number of aliphatic imine (C=N–C) groups is 1. The zero-order valence-electron chi connectivity index (χ0n) is 20.3. The fourth-order valence-corrected chi connectivity index (χ4v) is 4.17. The lowest BCUT2D eigenvalue weighted by Crippen LogP contribution is -2.25. The van der Waals surface area contributed by atoms with Crippen molar-refractivity contribution in [3.05, 3.63) is 92.2 Å². The van der Waals surface area contributed by atoms with Gasteiger partial charge in [0.2, 0.25) is 5.70 Å². The van der Waals surface area contributed by atoms with Crippen molar-refractivity contribution < 1.29 is 23.2 Å². The fourth-order valence-electron chi connectivity index (χ4n) is 4.17. The minimum atomic E-state index is -4.48. The topological polar surface area (TPSA) is 99.6 Å². The molecule has 0 bridgehead atoms. The molecule has 1 heterocycles. The minimum Gasteiger partial charge on any atom is -0.387 e. The molecule has 0 aromatic heterocycles. The highest BCUT2D eigenvalue weighted by molar-refractivity contribution is 5.89.